The molecule has 0 aromatic carbocycles. The van der Waals surface area contributed by atoms with Gasteiger partial charge in [0.15, 0.2) is 0 Å². The maximum absolute atomic E-state index is 6.35. The minimum Gasteiger partial charge on any atom is -0.313 e. The molecule has 15 heavy (non-hydrogen) atoms. The van der Waals surface area contributed by atoms with Crippen molar-refractivity contribution in [3.63, 3.8) is 0 Å². The predicted molar refractivity (Wildman–Crippen MR) is 66.4 cm³/mol. The smallest absolute Gasteiger partial charge is 0.0691 e. The Bertz CT molecular complexity index is 171. The van der Waals surface area contributed by atoms with Gasteiger partial charge < -0.3 is 11.5 Å². The van der Waals surface area contributed by atoms with Gasteiger partial charge in [0.2, 0.25) is 0 Å². The Balaban J connectivity index is 2.46. The van der Waals surface area contributed by atoms with E-state index in [2.05, 4.69) is 13.8 Å². The van der Waals surface area contributed by atoms with E-state index in [1.165, 1.54) is 51.4 Å². The summed E-state index contributed by atoms with van der Waals surface area (Å²) in [4.78, 5) is 0. The molecule has 90 valence electrons. The van der Waals surface area contributed by atoms with E-state index in [0.717, 1.165) is 0 Å². The summed E-state index contributed by atoms with van der Waals surface area (Å²) in [6.45, 7) is 4.45. The molecule has 0 aromatic heterocycles. The van der Waals surface area contributed by atoms with Crippen LogP contribution in [0.1, 0.15) is 65.2 Å². The molecule has 1 saturated carbocycles. The van der Waals surface area contributed by atoms with Gasteiger partial charge in [-0.3, -0.25) is 0 Å². The van der Waals surface area contributed by atoms with Gasteiger partial charge in [0.25, 0.3) is 0 Å². The van der Waals surface area contributed by atoms with Crippen LogP contribution in [0, 0.1) is 11.8 Å². The third-order valence-electron chi connectivity index (χ3n) is 4.16. The van der Waals surface area contributed by atoms with Gasteiger partial charge in [-0.15, -0.1) is 0 Å². The third kappa shape index (κ3) is 3.46. The van der Waals surface area contributed by atoms with Crippen LogP contribution >= 0.6 is 0 Å². The van der Waals surface area contributed by atoms with Crippen LogP contribution in [0.15, 0.2) is 0 Å². The second-order valence-electron chi connectivity index (χ2n) is 5.38. The van der Waals surface area contributed by atoms with Crippen LogP contribution in [-0.2, 0) is 0 Å². The fraction of sp³-hybridized carbons (Fsp3) is 1.00. The summed E-state index contributed by atoms with van der Waals surface area (Å²) in [6.07, 6.45) is 10.2. The van der Waals surface area contributed by atoms with Crippen LogP contribution in [-0.4, -0.2) is 5.66 Å². The number of rotatable bonds is 5. The van der Waals surface area contributed by atoms with Crippen molar-refractivity contribution in [3.8, 4) is 0 Å². The van der Waals surface area contributed by atoms with Crippen molar-refractivity contribution in [2.75, 3.05) is 0 Å². The van der Waals surface area contributed by atoms with Gasteiger partial charge in [-0.2, -0.15) is 0 Å². The van der Waals surface area contributed by atoms with E-state index in [4.69, 9.17) is 11.5 Å². The number of unbranched alkanes of at least 4 members (excludes halogenated alkanes) is 1. The molecule has 1 atom stereocenters. The predicted octanol–water partition coefficient (Wildman–Crippen LogP) is 3.01. The molecule has 2 nitrogen and oxygen atoms in total. The van der Waals surface area contributed by atoms with Gasteiger partial charge in [-0.1, -0.05) is 46.0 Å². The lowest BCUT2D eigenvalue weighted by Gasteiger charge is -2.41. The minimum atomic E-state index is -0.421. The van der Waals surface area contributed by atoms with Gasteiger partial charge >= 0.3 is 0 Å². The molecule has 0 spiro atoms. The van der Waals surface area contributed by atoms with E-state index in [-0.39, 0.29) is 0 Å². The highest BCUT2D eigenvalue weighted by Gasteiger charge is 2.36. The fourth-order valence-corrected chi connectivity index (χ4v) is 2.77. The SMILES string of the molecule is CCCCC(C)C(N)(N)C1CCCCC1. The summed E-state index contributed by atoms with van der Waals surface area (Å²) < 4.78 is 0. The van der Waals surface area contributed by atoms with Crippen molar-refractivity contribution in [2.24, 2.45) is 23.3 Å². The lowest BCUT2D eigenvalue weighted by atomic mass is 9.74. The van der Waals surface area contributed by atoms with E-state index in [1.807, 2.05) is 0 Å². The van der Waals surface area contributed by atoms with Gasteiger partial charge in [0, 0.05) is 0 Å². The summed E-state index contributed by atoms with van der Waals surface area (Å²) in [6, 6.07) is 0. The fourth-order valence-electron chi connectivity index (χ4n) is 2.77. The minimum absolute atomic E-state index is 0.421. The lowest BCUT2D eigenvalue weighted by molar-refractivity contribution is 0.141. The molecular formula is C13H28N2. The molecule has 1 fully saturated rings. The van der Waals surface area contributed by atoms with Crippen molar-refractivity contribution in [1.82, 2.24) is 0 Å². The monoisotopic (exact) mass is 212 g/mol. The van der Waals surface area contributed by atoms with Crippen LogP contribution in [0.4, 0.5) is 0 Å². The van der Waals surface area contributed by atoms with Crippen LogP contribution < -0.4 is 11.5 Å². The Labute approximate surface area is 94.8 Å². The molecule has 2 heteroatoms. The van der Waals surface area contributed by atoms with Crippen LogP contribution in [0.25, 0.3) is 0 Å². The number of hydrogen-bond acceptors (Lipinski definition) is 2. The van der Waals surface area contributed by atoms with E-state index >= 15 is 0 Å². The quantitative estimate of drug-likeness (QED) is 0.688. The molecule has 0 saturated heterocycles. The first-order valence-corrected chi connectivity index (χ1v) is 6.66. The van der Waals surface area contributed by atoms with Crippen molar-refractivity contribution >= 4 is 0 Å². The average molecular weight is 212 g/mol. The zero-order valence-electron chi connectivity index (χ0n) is 10.5. The Kier molecular flexibility index (Phi) is 5.07. The lowest BCUT2D eigenvalue weighted by Crippen LogP contribution is -2.60. The second kappa shape index (κ2) is 5.86. The third-order valence-corrected chi connectivity index (χ3v) is 4.16. The molecule has 0 radical (unpaired) electrons. The van der Waals surface area contributed by atoms with E-state index in [9.17, 15) is 0 Å². The van der Waals surface area contributed by atoms with Crippen molar-refractivity contribution < 1.29 is 0 Å². The van der Waals surface area contributed by atoms with Gasteiger partial charge in [-0.05, 0) is 31.1 Å². The topological polar surface area (TPSA) is 52.0 Å². The average Bonchev–Trinajstić information content (AvgIpc) is 2.27. The van der Waals surface area contributed by atoms with E-state index in [0.29, 0.717) is 11.8 Å². The normalized spacial score (nSPS) is 21.6. The number of hydrogen-bond donors (Lipinski definition) is 2. The largest absolute Gasteiger partial charge is 0.313 e. The van der Waals surface area contributed by atoms with Crippen molar-refractivity contribution in [3.05, 3.63) is 0 Å². The Hall–Kier alpha value is -0.0800. The summed E-state index contributed by atoms with van der Waals surface area (Å²) in [5, 5.41) is 0. The van der Waals surface area contributed by atoms with Gasteiger partial charge in [0.1, 0.15) is 0 Å². The Morgan fingerprint density at radius 2 is 1.80 bits per heavy atom. The highest BCUT2D eigenvalue weighted by Crippen LogP contribution is 2.34. The molecule has 0 aromatic rings. The molecule has 1 aliphatic carbocycles. The maximum Gasteiger partial charge on any atom is 0.0691 e. The Morgan fingerprint density at radius 1 is 1.20 bits per heavy atom. The molecule has 1 rings (SSSR count). The van der Waals surface area contributed by atoms with E-state index < -0.39 is 5.66 Å². The molecule has 0 aliphatic heterocycles. The van der Waals surface area contributed by atoms with Crippen molar-refractivity contribution in [2.45, 2.75) is 70.9 Å². The molecule has 0 amide bonds. The van der Waals surface area contributed by atoms with Crippen molar-refractivity contribution in [1.29, 1.82) is 0 Å². The summed E-state index contributed by atoms with van der Waals surface area (Å²) in [7, 11) is 0. The molecule has 1 aliphatic rings. The van der Waals surface area contributed by atoms with E-state index in [1.54, 1.807) is 0 Å². The highest BCUT2D eigenvalue weighted by molar-refractivity contribution is 4.91. The maximum atomic E-state index is 6.35. The van der Waals surface area contributed by atoms with Crippen LogP contribution in [0.3, 0.4) is 0 Å². The zero-order chi connectivity index (χ0) is 11.3. The van der Waals surface area contributed by atoms with Crippen LogP contribution in [0.5, 0.6) is 0 Å². The molecule has 0 bridgehead atoms. The summed E-state index contributed by atoms with van der Waals surface area (Å²) >= 11 is 0. The zero-order valence-corrected chi connectivity index (χ0v) is 10.5. The number of nitrogens with two attached hydrogens (primary N) is 2. The first-order chi connectivity index (χ1) is 7.09. The molecule has 0 heterocycles. The second-order valence-corrected chi connectivity index (χ2v) is 5.38. The summed E-state index contributed by atoms with van der Waals surface area (Å²) in [5.74, 6) is 1.01. The van der Waals surface area contributed by atoms with Gasteiger partial charge in [-0.25, -0.2) is 0 Å². The molecule has 4 N–H and O–H groups in total. The molecular weight excluding hydrogens is 184 g/mol. The van der Waals surface area contributed by atoms with Gasteiger partial charge in [0.05, 0.1) is 5.66 Å². The Morgan fingerprint density at radius 3 is 2.33 bits per heavy atom. The first kappa shape index (κ1) is 13.0. The highest BCUT2D eigenvalue weighted by atomic mass is 15.0. The molecule has 1 unspecified atom stereocenters. The first-order valence-electron chi connectivity index (χ1n) is 6.66. The standard InChI is InChI=1S/C13H28N2/c1-3-4-8-11(2)13(14,15)12-9-6-5-7-10-12/h11-12H,3-10,14-15H2,1-2H3. The summed E-state index contributed by atoms with van der Waals surface area (Å²) in [5.41, 5.74) is 12.3. The van der Waals surface area contributed by atoms with Crippen LogP contribution in [0.2, 0.25) is 0 Å².